The minimum Gasteiger partial charge on any atom is -0.496 e. The topological polar surface area (TPSA) is 44.5 Å². The predicted octanol–water partition coefficient (Wildman–Crippen LogP) is 3.69. The van der Waals surface area contributed by atoms with Gasteiger partial charge in [0.25, 0.3) is 0 Å². The van der Waals surface area contributed by atoms with E-state index in [1.54, 1.807) is 7.11 Å². The average molecular weight is 292 g/mol. The molecule has 2 N–H and O–H groups in total. The molecular formula is C16H18ClNO2. The molecule has 0 aromatic heterocycles. The van der Waals surface area contributed by atoms with Crippen LogP contribution in [0.3, 0.4) is 0 Å². The summed E-state index contributed by atoms with van der Waals surface area (Å²) in [4.78, 5) is 0. The zero-order chi connectivity index (χ0) is 14.5. The van der Waals surface area contributed by atoms with E-state index in [0.717, 1.165) is 22.4 Å². The first-order valence-corrected chi connectivity index (χ1v) is 6.77. The van der Waals surface area contributed by atoms with Crippen molar-refractivity contribution >= 4 is 11.6 Å². The van der Waals surface area contributed by atoms with Crippen molar-refractivity contribution in [3.8, 4) is 11.5 Å². The molecule has 0 amide bonds. The predicted molar refractivity (Wildman–Crippen MR) is 81.4 cm³/mol. The summed E-state index contributed by atoms with van der Waals surface area (Å²) in [7, 11) is 1.65. The fourth-order valence-electron chi connectivity index (χ4n) is 2.05. The van der Waals surface area contributed by atoms with Crippen LogP contribution in [0.25, 0.3) is 0 Å². The van der Waals surface area contributed by atoms with Crippen molar-refractivity contribution < 1.29 is 9.47 Å². The summed E-state index contributed by atoms with van der Waals surface area (Å²) in [6.45, 7) is 2.80. The van der Waals surface area contributed by atoms with Gasteiger partial charge in [0.1, 0.15) is 18.1 Å². The highest BCUT2D eigenvalue weighted by Crippen LogP contribution is 2.28. The number of aryl methyl sites for hydroxylation is 1. The Labute approximate surface area is 124 Å². The second-order valence-electron chi connectivity index (χ2n) is 4.52. The smallest absolute Gasteiger partial charge is 0.125 e. The highest BCUT2D eigenvalue weighted by atomic mass is 35.5. The quantitative estimate of drug-likeness (QED) is 0.913. The lowest BCUT2D eigenvalue weighted by Crippen LogP contribution is -2.04. The van der Waals surface area contributed by atoms with Gasteiger partial charge in [0.05, 0.1) is 7.11 Å². The number of rotatable bonds is 5. The molecule has 0 aliphatic heterocycles. The lowest BCUT2D eigenvalue weighted by molar-refractivity contribution is 0.294. The molecule has 2 aromatic carbocycles. The molecule has 2 aromatic rings. The Balaban J connectivity index is 2.21. The Bertz CT molecular complexity index is 597. The Morgan fingerprint density at radius 2 is 1.95 bits per heavy atom. The summed E-state index contributed by atoms with van der Waals surface area (Å²) in [5.41, 5.74) is 8.69. The average Bonchev–Trinajstić information content (AvgIpc) is 2.45. The molecule has 0 heterocycles. The van der Waals surface area contributed by atoms with Crippen LogP contribution >= 0.6 is 11.6 Å². The molecule has 0 atom stereocenters. The van der Waals surface area contributed by atoms with Crippen LogP contribution in [0.2, 0.25) is 5.02 Å². The molecule has 0 radical (unpaired) electrons. The number of hydrogen-bond donors (Lipinski definition) is 1. The van der Waals surface area contributed by atoms with Crippen LogP contribution in [0.5, 0.6) is 11.5 Å². The number of hydrogen-bond acceptors (Lipinski definition) is 3. The molecule has 0 aliphatic rings. The van der Waals surface area contributed by atoms with Crippen LogP contribution in [0.15, 0.2) is 36.4 Å². The largest absolute Gasteiger partial charge is 0.496 e. The Morgan fingerprint density at radius 1 is 1.15 bits per heavy atom. The standard InChI is InChI=1S/C16H18ClNO2/c1-11-6-7-15(19-2)12(8-11)10-20-16-5-3-4-14(17)13(16)9-18/h3-8H,9-10,18H2,1-2H3. The third-order valence-electron chi connectivity index (χ3n) is 3.10. The highest BCUT2D eigenvalue weighted by molar-refractivity contribution is 6.31. The Hall–Kier alpha value is -1.71. The molecule has 0 fully saturated rings. The van der Waals surface area contributed by atoms with E-state index in [1.165, 1.54) is 0 Å². The molecular weight excluding hydrogens is 274 g/mol. The van der Waals surface area contributed by atoms with Gasteiger partial charge >= 0.3 is 0 Å². The maximum absolute atomic E-state index is 6.11. The van der Waals surface area contributed by atoms with Gasteiger partial charge in [-0.25, -0.2) is 0 Å². The number of methoxy groups -OCH3 is 1. The molecule has 106 valence electrons. The summed E-state index contributed by atoms with van der Waals surface area (Å²) < 4.78 is 11.2. The maximum Gasteiger partial charge on any atom is 0.125 e. The van der Waals surface area contributed by atoms with Gasteiger partial charge in [0.2, 0.25) is 0 Å². The lowest BCUT2D eigenvalue weighted by atomic mass is 10.1. The Morgan fingerprint density at radius 3 is 2.65 bits per heavy atom. The van der Waals surface area contributed by atoms with E-state index in [2.05, 4.69) is 0 Å². The molecule has 3 nitrogen and oxygen atoms in total. The summed E-state index contributed by atoms with van der Waals surface area (Å²) in [5, 5.41) is 0.626. The van der Waals surface area contributed by atoms with Gasteiger partial charge in [-0.2, -0.15) is 0 Å². The van der Waals surface area contributed by atoms with E-state index in [0.29, 0.717) is 23.9 Å². The summed E-state index contributed by atoms with van der Waals surface area (Å²) in [6.07, 6.45) is 0. The van der Waals surface area contributed by atoms with Gasteiger partial charge in [-0.1, -0.05) is 29.3 Å². The minimum absolute atomic E-state index is 0.347. The van der Waals surface area contributed by atoms with Crippen LogP contribution in [0, 0.1) is 6.92 Å². The van der Waals surface area contributed by atoms with Crippen molar-refractivity contribution in [1.29, 1.82) is 0 Å². The maximum atomic E-state index is 6.11. The molecule has 4 heteroatoms. The van der Waals surface area contributed by atoms with E-state index < -0.39 is 0 Å². The van der Waals surface area contributed by atoms with Gasteiger partial charge < -0.3 is 15.2 Å². The van der Waals surface area contributed by atoms with Crippen LogP contribution in [0.4, 0.5) is 0 Å². The van der Waals surface area contributed by atoms with Crippen LogP contribution < -0.4 is 15.2 Å². The first-order valence-electron chi connectivity index (χ1n) is 6.39. The first kappa shape index (κ1) is 14.7. The van der Waals surface area contributed by atoms with Crippen molar-refractivity contribution in [2.75, 3.05) is 7.11 Å². The minimum atomic E-state index is 0.347. The van der Waals surface area contributed by atoms with E-state index in [1.807, 2.05) is 43.3 Å². The van der Waals surface area contributed by atoms with E-state index in [9.17, 15) is 0 Å². The van der Waals surface area contributed by atoms with Crippen molar-refractivity contribution in [3.63, 3.8) is 0 Å². The fourth-order valence-corrected chi connectivity index (χ4v) is 2.29. The monoisotopic (exact) mass is 291 g/mol. The summed E-state index contributed by atoms with van der Waals surface area (Å²) in [5.74, 6) is 1.52. The number of benzene rings is 2. The molecule has 20 heavy (non-hydrogen) atoms. The number of halogens is 1. The van der Waals surface area contributed by atoms with Gasteiger partial charge in [0.15, 0.2) is 0 Å². The van der Waals surface area contributed by atoms with Crippen molar-refractivity contribution in [1.82, 2.24) is 0 Å². The highest BCUT2D eigenvalue weighted by Gasteiger charge is 2.09. The molecule has 0 unspecified atom stereocenters. The molecule has 0 aliphatic carbocycles. The fraction of sp³-hybridized carbons (Fsp3) is 0.250. The van der Waals surface area contributed by atoms with Gasteiger partial charge in [-0.15, -0.1) is 0 Å². The SMILES string of the molecule is COc1ccc(C)cc1COc1cccc(Cl)c1CN. The van der Waals surface area contributed by atoms with E-state index in [-0.39, 0.29) is 0 Å². The molecule has 0 spiro atoms. The number of ether oxygens (including phenoxy) is 2. The van der Waals surface area contributed by atoms with E-state index in [4.69, 9.17) is 26.8 Å². The zero-order valence-corrected chi connectivity index (χ0v) is 12.4. The molecule has 0 bridgehead atoms. The van der Waals surface area contributed by atoms with Crippen molar-refractivity contribution in [2.24, 2.45) is 5.73 Å². The lowest BCUT2D eigenvalue weighted by Gasteiger charge is -2.14. The first-order chi connectivity index (χ1) is 9.65. The van der Waals surface area contributed by atoms with Crippen LogP contribution in [-0.4, -0.2) is 7.11 Å². The van der Waals surface area contributed by atoms with E-state index >= 15 is 0 Å². The number of nitrogens with two attached hydrogens (primary N) is 1. The third kappa shape index (κ3) is 3.24. The van der Waals surface area contributed by atoms with Crippen molar-refractivity contribution in [3.05, 3.63) is 58.1 Å². The second-order valence-corrected chi connectivity index (χ2v) is 4.93. The summed E-state index contributed by atoms with van der Waals surface area (Å²) >= 11 is 6.11. The van der Waals surface area contributed by atoms with Crippen molar-refractivity contribution in [2.45, 2.75) is 20.1 Å². The Kier molecular flexibility index (Phi) is 4.88. The van der Waals surface area contributed by atoms with Crippen LogP contribution in [0.1, 0.15) is 16.7 Å². The molecule has 2 rings (SSSR count). The molecule has 0 saturated heterocycles. The third-order valence-corrected chi connectivity index (χ3v) is 3.45. The summed E-state index contributed by atoms with van der Waals surface area (Å²) in [6, 6.07) is 11.5. The normalized spacial score (nSPS) is 10.4. The molecule has 0 saturated carbocycles. The van der Waals surface area contributed by atoms with Crippen LogP contribution in [-0.2, 0) is 13.2 Å². The zero-order valence-electron chi connectivity index (χ0n) is 11.7. The van der Waals surface area contributed by atoms with Gasteiger partial charge in [-0.3, -0.25) is 0 Å². The second kappa shape index (κ2) is 6.64. The van der Waals surface area contributed by atoms with Gasteiger partial charge in [-0.05, 0) is 31.2 Å². The van der Waals surface area contributed by atoms with Gasteiger partial charge in [0, 0.05) is 22.7 Å².